The van der Waals surface area contributed by atoms with E-state index in [1.807, 2.05) is 0 Å². The van der Waals surface area contributed by atoms with Crippen molar-refractivity contribution in [2.75, 3.05) is 0 Å². The first-order chi connectivity index (χ1) is 9.69. The number of hydrogen-bond donors (Lipinski definition) is 0. The van der Waals surface area contributed by atoms with Crippen molar-refractivity contribution in [2.24, 2.45) is 0 Å². The Morgan fingerprint density at radius 2 is 2.10 bits per heavy atom. The number of aromatic nitrogens is 2. The van der Waals surface area contributed by atoms with Gasteiger partial charge in [0.15, 0.2) is 5.82 Å². The lowest BCUT2D eigenvalue weighted by atomic mass is 10.1. The highest BCUT2D eigenvalue weighted by atomic mass is 127. The van der Waals surface area contributed by atoms with Gasteiger partial charge >= 0.3 is 0 Å². The number of benzene rings is 1. The van der Waals surface area contributed by atoms with E-state index in [0.717, 1.165) is 39.4 Å². The van der Waals surface area contributed by atoms with Gasteiger partial charge in [-0.3, -0.25) is 0 Å². The van der Waals surface area contributed by atoms with Crippen LogP contribution in [0.4, 0.5) is 0 Å². The van der Waals surface area contributed by atoms with Crippen molar-refractivity contribution in [1.82, 2.24) is 9.97 Å². The Kier molecular flexibility index (Phi) is 4.26. The molecule has 0 N–H and O–H groups in total. The van der Waals surface area contributed by atoms with Crippen molar-refractivity contribution in [3.8, 4) is 11.4 Å². The average molecular weight is 399 g/mol. The molecule has 0 aliphatic heterocycles. The minimum atomic E-state index is 0.566. The van der Waals surface area contributed by atoms with Gasteiger partial charge < -0.3 is 0 Å². The SMILES string of the molecule is CCCc1nc(-c2cccc(C3CC3)c2)nc(Cl)c1I. The van der Waals surface area contributed by atoms with Crippen LogP contribution < -0.4 is 0 Å². The van der Waals surface area contributed by atoms with E-state index in [1.165, 1.54) is 18.4 Å². The first kappa shape index (κ1) is 14.3. The molecule has 104 valence electrons. The average Bonchev–Trinajstić information content (AvgIpc) is 3.28. The minimum Gasteiger partial charge on any atom is -0.232 e. The molecule has 1 aromatic carbocycles. The normalized spacial score (nSPS) is 14.6. The van der Waals surface area contributed by atoms with Crippen LogP contribution in [-0.2, 0) is 6.42 Å². The molecule has 0 atom stereocenters. The summed E-state index contributed by atoms with van der Waals surface area (Å²) in [6.45, 7) is 2.15. The van der Waals surface area contributed by atoms with Crippen LogP contribution in [0.25, 0.3) is 11.4 Å². The quantitative estimate of drug-likeness (QED) is 0.520. The maximum atomic E-state index is 6.26. The second-order valence-electron chi connectivity index (χ2n) is 5.25. The van der Waals surface area contributed by atoms with Crippen LogP contribution in [0.5, 0.6) is 0 Å². The van der Waals surface area contributed by atoms with Crippen LogP contribution in [0, 0.1) is 3.57 Å². The molecule has 1 aromatic heterocycles. The van der Waals surface area contributed by atoms with Gasteiger partial charge in [0, 0.05) is 5.56 Å². The molecule has 0 unspecified atom stereocenters. The molecule has 0 saturated heterocycles. The first-order valence-corrected chi connectivity index (χ1v) is 8.47. The zero-order chi connectivity index (χ0) is 14.1. The van der Waals surface area contributed by atoms with Gasteiger partial charge in [-0.15, -0.1) is 0 Å². The van der Waals surface area contributed by atoms with Gasteiger partial charge in [0.2, 0.25) is 0 Å². The zero-order valence-corrected chi connectivity index (χ0v) is 14.3. The molecule has 0 radical (unpaired) electrons. The molecule has 1 aliphatic carbocycles. The van der Waals surface area contributed by atoms with Crippen molar-refractivity contribution in [2.45, 2.75) is 38.5 Å². The Balaban J connectivity index is 2.02. The molecule has 2 aromatic rings. The Morgan fingerprint density at radius 3 is 2.80 bits per heavy atom. The highest BCUT2D eigenvalue weighted by Crippen LogP contribution is 2.41. The van der Waals surface area contributed by atoms with E-state index in [9.17, 15) is 0 Å². The van der Waals surface area contributed by atoms with Crippen molar-refractivity contribution < 1.29 is 0 Å². The molecule has 2 nitrogen and oxygen atoms in total. The largest absolute Gasteiger partial charge is 0.232 e. The maximum Gasteiger partial charge on any atom is 0.161 e. The van der Waals surface area contributed by atoms with E-state index < -0.39 is 0 Å². The summed E-state index contributed by atoms with van der Waals surface area (Å²) >= 11 is 8.50. The van der Waals surface area contributed by atoms with Gasteiger partial charge in [-0.1, -0.05) is 43.1 Å². The Hall–Kier alpha value is -0.680. The van der Waals surface area contributed by atoms with E-state index in [4.69, 9.17) is 16.6 Å². The Labute approximate surface area is 138 Å². The second kappa shape index (κ2) is 5.98. The smallest absolute Gasteiger partial charge is 0.161 e. The van der Waals surface area contributed by atoms with Gasteiger partial charge in [-0.25, -0.2) is 9.97 Å². The van der Waals surface area contributed by atoms with Gasteiger partial charge in [-0.2, -0.15) is 0 Å². The fraction of sp³-hybridized carbons (Fsp3) is 0.375. The van der Waals surface area contributed by atoms with Crippen LogP contribution >= 0.6 is 34.2 Å². The van der Waals surface area contributed by atoms with Crippen molar-refractivity contribution in [3.05, 3.63) is 44.2 Å². The predicted octanol–water partition coefficient (Wildman–Crippen LogP) is 5.23. The summed E-state index contributed by atoms with van der Waals surface area (Å²) in [6.07, 6.45) is 4.61. The van der Waals surface area contributed by atoms with E-state index in [2.05, 4.69) is 58.8 Å². The van der Waals surface area contributed by atoms with Crippen molar-refractivity contribution in [1.29, 1.82) is 0 Å². The van der Waals surface area contributed by atoms with Gasteiger partial charge in [0.1, 0.15) is 5.15 Å². The van der Waals surface area contributed by atoms with E-state index in [-0.39, 0.29) is 0 Å². The molecular weight excluding hydrogens is 383 g/mol. The molecular formula is C16H16ClIN2. The monoisotopic (exact) mass is 398 g/mol. The van der Waals surface area contributed by atoms with Gasteiger partial charge in [0.25, 0.3) is 0 Å². The van der Waals surface area contributed by atoms with Crippen LogP contribution in [0.2, 0.25) is 5.15 Å². The minimum absolute atomic E-state index is 0.566. The van der Waals surface area contributed by atoms with Crippen molar-refractivity contribution >= 4 is 34.2 Å². The van der Waals surface area contributed by atoms with Crippen LogP contribution in [-0.4, -0.2) is 9.97 Å². The number of hydrogen-bond acceptors (Lipinski definition) is 2. The Morgan fingerprint density at radius 1 is 1.30 bits per heavy atom. The Bertz CT molecular complexity index is 638. The lowest BCUT2D eigenvalue weighted by Gasteiger charge is -2.08. The fourth-order valence-corrected chi connectivity index (χ4v) is 3.04. The molecule has 0 spiro atoms. The molecule has 3 rings (SSSR count). The molecule has 0 amide bonds. The van der Waals surface area contributed by atoms with Gasteiger partial charge in [-0.05, 0) is 59.4 Å². The molecule has 1 aliphatic rings. The van der Waals surface area contributed by atoms with Gasteiger partial charge in [0.05, 0.1) is 9.26 Å². The molecule has 4 heteroatoms. The fourth-order valence-electron chi connectivity index (χ4n) is 2.34. The standard InChI is InChI=1S/C16H16ClIN2/c1-2-4-13-14(18)15(17)20-16(19-13)12-6-3-5-11(9-12)10-7-8-10/h3,5-6,9-10H,2,4,7-8H2,1H3. The lowest BCUT2D eigenvalue weighted by molar-refractivity contribution is 0.867. The summed E-state index contributed by atoms with van der Waals surface area (Å²) in [6, 6.07) is 8.58. The molecule has 20 heavy (non-hydrogen) atoms. The van der Waals surface area contributed by atoms with E-state index >= 15 is 0 Å². The van der Waals surface area contributed by atoms with Crippen LogP contribution in [0.1, 0.15) is 43.4 Å². The summed E-state index contributed by atoms with van der Waals surface area (Å²) in [5.74, 6) is 1.49. The second-order valence-corrected chi connectivity index (χ2v) is 6.69. The van der Waals surface area contributed by atoms with Crippen molar-refractivity contribution in [3.63, 3.8) is 0 Å². The number of halogens is 2. The summed E-state index contributed by atoms with van der Waals surface area (Å²) in [5.41, 5.74) is 3.53. The maximum absolute atomic E-state index is 6.26. The predicted molar refractivity (Wildman–Crippen MR) is 91.2 cm³/mol. The number of nitrogens with zero attached hydrogens (tertiary/aromatic N) is 2. The molecule has 1 saturated carbocycles. The molecule has 1 fully saturated rings. The van der Waals surface area contributed by atoms with E-state index in [1.54, 1.807) is 0 Å². The third-order valence-corrected chi connectivity index (χ3v) is 5.29. The molecule has 1 heterocycles. The first-order valence-electron chi connectivity index (χ1n) is 7.01. The molecule has 0 bridgehead atoms. The summed E-state index contributed by atoms with van der Waals surface area (Å²) < 4.78 is 0.980. The van der Waals surface area contributed by atoms with E-state index in [0.29, 0.717) is 5.15 Å². The summed E-state index contributed by atoms with van der Waals surface area (Å²) in [7, 11) is 0. The summed E-state index contributed by atoms with van der Waals surface area (Å²) in [4.78, 5) is 9.16. The third kappa shape index (κ3) is 2.98. The van der Waals surface area contributed by atoms with Crippen LogP contribution in [0.3, 0.4) is 0 Å². The highest BCUT2D eigenvalue weighted by Gasteiger charge is 2.23. The number of aryl methyl sites for hydroxylation is 1. The number of rotatable bonds is 4. The zero-order valence-electron chi connectivity index (χ0n) is 11.4. The topological polar surface area (TPSA) is 25.8 Å². The summed E-state index contributed by atoms with van der Waals surface area (Å²) in [5, 5.41) is 0.566. The van der Waals surface area contributed by atoms with Crippen LogP contribution in [0.15, 0.2) is 24.3 Å². The lowest BCUT2D eigenvalue weighted by Crippen LogP contribution is -2.00. The highest BCUT2D eigenvalue weighted by molar-refractivity contribution is 14.1. The third-order valence-electron chi connectivity index (χ3n) is 3.56.